The number of nitrogens with one attached hydrogen (secondary N) is 1. The number of benzene rings is 1. The Morgan fingerprint density at radius 3 is 2.88 bits per heavy atom. The third-order valence-corrected chi connectivity index (χ3v) is 4.35. The van der Waals surface area contributed by atoms with Crippen LogP contribution in [0.3, 0.4) is 0 Å². The van der Waals surface area contributed by atoms with Gasteiger partial charge in [0, 0.05) is 5.56 Å². The lowest BCUT2D eigenvalue weighted by Crippen LogP contribution is -2.49. The molecule has 4 atom stereocenters. The third kappa shape index (κ3) is 2.56. The Morgan fingerprint density at radius 2 is 2.17 bits per heavy atom. The number of thiocarbonyl (C=S) groups is 1. The fourth-order valence-electron chi connectivity index (χ4n) is 3.13. The van der Waals surface area contributed by atoms with Gasteiger partial charge >= 0.3 is 0 Å². The van der Waals surface area contributed by atoms with E-state index in [4.69, 9.17) is 31.3 Å². The van der Waals surface area contributed by atoms with Crippen molar-refractivity contribution in [1.82, 2.24) is 5.43 Å². The van der Waals surface area contributed by atoms with Crippen LogP contribution >= 0.6 is 12.2 Å². The van der Waals surface area contributed by atoms with Crippen LogP contribution in [0.15, 0.2) is 34.5 Å². The summed E-state index contributed by atoms with van der Waals surface area (Å²) >= 11 is 5.04. The summed E-state index contributed by atoms with van der Waals surface area (Å²) in [6.07, 6.45) is -0.887. The smallest absolute Gasteiger partial charge is 0.200 e. The van der Waals surface area contributed by atoms with Crippen molar-refractivity contribution in [2.75, 3.05) is 13.7 Å². The topological polar surface area (TPSA) is 73.7 Å². The van der Waals surface area contributed by atoms with E-state index in [1.54, 1.807) is 14.0 Å². The molecule has 24 heavy (non-hydrogen) atoms. The molecule has 3 heterocycles. The van der Waals surface area contributed by atoms with Gasteiger partial charge in [0.25, 0.3) is 0 Å². The molecule has 126 valence electrons. The van der Waals surface area contributed by atoms with Gasteiger partial charge in [-0.15, -0.1) is 0 Å². The highest BCUT2D eigenvalue weighted by atomic mass is 32.1. The summed E-state index contributed by atoms with van der Waals surface area (Å²) in [4.78, 5) is 6.23. The summed E-state index contributed by atoms with van der Waals surface area (Å²) in [7, 11) is 1.64. The number of hydrazone groups is 1. The SMILES string of the molecule is COc1ccc(C2=NO[C@@H]3[C@@H]4CO[C@H](O4)/C(=N/NC(C)=S)[C@@H]23)cc1. The fraction of sp³-hybridized carbons (Fsp3) is 0.438. The third-order valence-electron chi connectivity index (χ3n) is 4.26. The average molecular weight is 347 g/mol. The Labute approximate surface area is 144 Å². The molecule has 8 heteroatoms. The van der Waals surface area contributed by atoms with Gasteiger partial charge in [-0.3, -0.25) is 5.43 Å². The Hall–Kier alpha value is -2.03. The molecule has 0 unspecified atom stereocenters. The van der Waals surface area contributed by atoms with Crippen LogP contribution in [-0.4, -0.2) is 48.6 Å². The van der Waals surface area contributed by atoms with E-state index in [0.717, 1.165) is 17.0 Å². The molecule has 0 aliphatic carbocycles. The summed E-state index contributed by atoms with van der Waals surface area (Å²) in [6.45, 7) is 2.23. The van der Waals surface area contributed by atoms with Crippen LogP contribution in [0.5, 0.6) is 5.75 Å². The number of rotatable bonds is 3. The molecular formula is C16H17N3O4S. The van der Waals surface area contributed by atoms with Gasteiger partial charge in [0.2, 0.25) is 0 Å². The highest BCUT2D eigenvalue weighted by molar-refractivity contribution is 7.80. The van der Waals surface area contributed by atoms with Crippen molar-refractivity contribution < 1.29 is 19.0 Å². The minimum Gasteiger partial charge on any atom is -0.497 e. The molecule has 0 saturated carbocycles. The van der Waals surface area contributed by atoms with Gasteiger partial charge in [-0.25, -0.2) is 0 Å². The van der Waals surface area contributed by atoms with Crippen LogP contribution in [-0.2, 0) is 14.3 Å². The number of ether oxygens (including phenoxy) is 3. The number of fused-ring (bicyclic) bond motifs is 4. The molecule has 1 aromatic carbocycles. The second-order valence-electron chi connectivity index (χ2n) is 5.80. The molecule has 2 bridgehead atoms. The van der Waals surface area contributed by atoms with Gasteiger partial charge in [0.1, 0.15) is 17.6 Å². The Morgan fingerprint density at radius 1 is 1.38 bits per heavy atom. The summed E-state index contributed by atoms with van der Waals surface area (Å²) in [5, 5.41) is 8.70. The van der Waals surface area contributed by atoms with Crippen molar-refractivity contribution in [3.05, 3.63) is 29.8 Å². The summed E-state index contributed by atoms with van der Waals surface area (Å²) < 4.78 is 16.7. The molecular weight excluding hydrogens is 330 g/mol. The first kappa shape index (κ1) is 15.5. The average Bonchev–Trinajstić information content (AvgIpc) is 3.21. The van der Waals surface area contributed by atoms with E-state index in [2.05, 4.69) is 15.7 Å². The lowest BCUT2D eigenvalue weighted by Gasteiger charge is -2.30. The molecule has 3 aliphatic rings. The second-order valence-corrected chi connectivity index (χ2v) is 6.41. The lowest BCUT2D eigenvalue weighted by atomic mass is 9.84. The zero-order chi connectivity index (χ0) is 16.7. The summed E-state index contributed by atoms with van der Waals surface area (Å²) in [6, 6.07) is 7.70. The van der Waals surface area contributed by atoms with Gasteiger partial charge in [-0.1, -0.05) is 17.4 Å². The molecule has 7 nitrogen and oxygen atoms in total. The molecule has 2 saturated heterocycles. The second kappa shape index (κ2) is 6.12. The Bertz CT molecular complexity index is 719. The monoisotopic (exact) mass is 347 g/mol. The van der Waals surface area contributed by atoms with E-state index in [1.165, 1.54) is 0 Å². The van der Waals surface area contributed by atoms with Crippen molar-refractivity contribution in [3.63, 3.8) is 0 Å². The zero-order valence-corrected chi connectivity index (χ0v) is 14.1. The standard InChI is InChI=1S/C16H17N3O4S/c1-8(24)17-18-14-12-13(9-3-5-10(20-2)6-4-9)19-23-15(12)11-7-21-16(14)22-11/h3-6,11-12,15-16H,7H2,1-2H3,(H,17,24)/b18-14+/t11-,12+,15+,16+/m0/s1. The molecule has 4 rings (SSSR count). The largest absolute Gasteiger partial charge is 0.497 e. The van der Waals surface area contributed by atoms with Crippen LogP contribution in [0.1, 0.15) is 12.5 Å². The zero-order valence-electron chi connectivity index (χ0n) is 13.3. The predicted molar refractivity (Wildman–Crippen MR) is 91.3 cm³/mol. The minimum atomic E-state index is -0.497. The van der Waals surface area contributed by atoms with Crippen LogP contribution < -0.4 is 10.2 Å². The van der Waals surface area contributed by atoms with E-state index in [-0.39, 0.29) is 18.1 Å². The van der Waals surface area contributed by atoms with E-state index in [9.17, 15) is 0 Å². The summed E-state index contributed by atoms with van der Waals surface area (Å²) in [5.41, 5.74) is 5.30. The van der Waals surface area contributed by atoms with Crippen molar-refractivity contribution in [2.24, 2.45) is 16.2 Å². The quantitative estimate of drug-likeness (QED) is 0.659. The van der Waals surface area contributed by atoms with Gasteiger partial charge < -0.3 is 19.0 Å². The van der Waals surface area contributed by atoms with Gasteiger partial charge in [-0.2, -0.15) is 5.10 Å². The van der Waals surface area contributed by atoms with E-state index < -0.39 is 6.29 Å². The van der Waals surface area contributed by atoms with E-state index in [0.29, 0.717) is 17.3 Å². The number of nitrogens with zero attached hydrogens (tertiary/aromatic N) is 2. The summed E-state index contributed by atoms with van der Waals surface area (Å²) in [5.74, 6) is 0.656. The molecule has 0 radical (unpaired) electrons. The molecule has 0 aromatic heterocycles. The maximum absolute atomic E-state index is 5.82. The Kier molecular flexibility index (Phi) is 3.95. The van der Waals surface area contributed by atoms with Crippen LogP contribution in [0.4, 0.5) is 0 Å². The number of hydrogen-bond acceptors (Lipinski definition) is 7. The molecule has 1 N–H and O–H groups in total. The van der Waals surface area contributed by atoms with Gasteiger partial charge in [0.15, 0.2) is 12.4 Å². The van der Waals surface area contributed by atoms with Gasteiger partial charge in [0.05, 0.1) is 30.3 Å². The minimum absolute atomic E-state index is 0.133. The van der Waals surface area contributed by atoms with Crippen LogP contribution in [0.25, 0.3) is 0 Å². The Balaban J connectivity index is 1.69. The van der Waals surface area contributed by atoms with Crippen molar-refractivity contribution in [1.29, 1.82) is 0 Å². The number of hydrogen-bond donors (Lipinski definition) is 1. The van der Waals surface area contributed by atoms with Crippen molar-refractivity contribution in [2.45, 2.75) is 25.4 Å². The molecule has 1 aromatic rings. The van der Waals surface area contributed by atoms with E-state index >= 15 is 0 Å². The first-order valence-electron chi connectivity index (χ1n) is 7.66. The first-order valence-corrected chi connectivity index (χ1v) is 8.07. The maximum Gasteiger partial charge on any atom is 0.200 e. The maximum atomic E-state index is 5.82. The van der Waals surface area contributed by atoms with Crippen LogP contribution in [0.2, 0.25) is 0 Å². The first-order chi connectivity index (χ1) is 11.7. The normalized spacial score (nSPS) is 32.1. The fourth-order valence-corrected chi connectivity index (χ4v) is 3.18. The van der Waals surface area contributed by atoms with Crippen LogP contribution in [0, 0.1) is 5.92 Å². The predicted octanol–water partition coefficient (Wildman–Crippen LogP) is 1.46. The number of oxime groups is 1. The molecule has 2 fully saturated rings. The highest BCUT2D eigenvalue weighted by Crippen LogP contribution is 2.38. The van der Waals surface area contributed by atoms with E-state index in [1.807, 2.05) is 24.3 Å². The van der Waals surface area contributed by atoms with Gasteiger partial charge in [-0.05, 0) is 31.2 Å². The highest BCUT2D eigenvalue weighted by Gasteiger charge is 2.55. The molecule has 0 spiro atoms. The molecule has 3 aliphatic heterocycles. The van der Waals surface area contributed by atoms with Crippen molar-refractivity contribution in [3.8, 4) is 5.75 Å². The van der Waals surface area contributed by atoms with Crippen molar-refractivity contribution >= 4 is 28.6 Å². The molecule has 0 amide bonds. The number of methoxy groups -OCH3 is 1. The lowest BCUT2D eigenvalue weighted by molar-refractivity contribution is -0.0812.